The Morgan fingerprint density at radius 3 is 2.48 bits per heavy atom. The molecule has 0 fully saturated rings. The molecule has 0 saturated carbocycles. The van der Waals surface area contributed by atoms with Crippen LogP contribution in [0.15, 0.2) is 78.3 Å². The molecule has 1 unspecified atom stereocenters. The highest BCUT2D eigenvalue weighted by molar-refractivity contribution is 7.10. The van der Waals surface area contributed by atoms with Crippen LogP contribution in [0, 0.1) is 0 Å². The Morgan fingerprint density at radius 1 is 0.913 bits per heavy atom. The zero-order valence-electron chi connectivity index (χ0n) is 12.6. The van der Waals surface area contributed by atoms with Gasteiger partial charge in [-0.3, -0.25) is 0 Å². The molecular formula is C20H17NOS. The van der Waals surface area contributed by atoms with Crippen LogP contribution in [-0.4, -0.2) is 10.1 Å². The molecule has 0 aliphatic carbocycles. The van der Waals surface area contributed by atoms with Gasteiger partial charge in [-0.15, -0.1) is 11.3 Å². The van der Waals surface area contributed by atoms with Crippen molar-refractivity contribution in [3.8, 4) is 0 Å². The monoisotopic (exact) mass is 319 g/mol. The second-order valence-corrected chi connectivity index (χ2v) is 6.69. The van der Waals surface area contributed by atoms with E-state index in [0.717, 1.165) is 21.5 Å². The summed E-state index contributed by atoms with van der Waals surface area (Å²) in [6.45, 7) is 0. The van der Waals surface area contributed by atoms with E-state index in [4.69, 9.17) is 0 Å². The second kappa shape index (κ2) is 5.69. The predicted octanol–water partition coefficient (Wildman–Crippen LogP) is 4.71. The number of aliphatic hydroxyl groups is 1. The van der Waals surface area contributed by atoms with Gasteiger partial charge in [-0.2, -0.15) is 0 Å². The van der Waals surface area contributed by atoms with Gasteiger partial charge in [0.2, 0.25) is 0 Å². The first kappa shape index (κ1) is 14.2. The summed E-state index contributed by atoms with van der Waals surface area (Å²) in [4.78, 5) is 4.27. The van der Waals surface area contributed by atoms with Gasteiger partial charge in [-0.25, -0.2) is 0 Å². The number of para-hydroxylation sites is 1. The lowest BCUT2D eigenvalue weighted by Crippen LogP contribution is -2.28. The molecule has 0 radical (unpaired) electrons. The van der Waals surface area contributed by atoms with Gasteiger partial charge in [-0.1, -0.05) is 54.6 Å². The number of nitrogens with one attached hydrogen (secondary N) is 1. The van der Waals surface area contributed by atoms with E-state index in [1.165, 1.54) is 5.39 Å². The van der Waals surface area contributed by atoms with E-state index >= 15 is 0 Å². The molecule has 0 bridgehead atoms. The van der Waals surface area contributed by atoms with Gasteiger partial charge >= 0.3 is 0 Å². The van der Waals surface area contributed by atoms with Crippen LogP contribution >= 0.6 is 11.3 Å². The first-order valence-electron chi connectivity index (χ1n) is 7.64. The van der Waals surface area contributed by atoms with Gasteiger partial charge in [-0.05, 0) is 28.6 Å². The average Bonchev–Trinajstić information content (AvgIpc) is 3.26. The van der Waals surface area contributed by atoms with Gasteiger partial charge in [0.25, 0.3) is 0 Å². The third kappa shape index (κ3) is 2.48. The van der Waals surface area contributed by atoms with E-state index in [1.807, 2.05) is 66.2 Å². The number of rotatable bonds is 4. The quantitative estimate of drug-likeness (QED) is 0.561. The van der Waals surface area contributed by atoms with Crippen LogP contribution in [0.1, 0.15) is 16.0 Å². The van der Waals surface area contributed by atoms with Crippen LogP contribution < -0.4 is 0 Å². The van der Waals surface area contributed by atoms with Crippen molar-refractivity contribution >= 4 is 22.2 Å². The summed E-state index contributed by atoms with van der Waals surface area (Å²) in [5, 5.41) is 14.7. The molecule has 0 saturated heterocycles. The van der Waals surface area contributed by atoms with Gasteiger partial charge < -0.3 is 10.1 Å². The van der Waals surface area contributed by atoms with Gasteiger partial charge in [0.1, 0.15) is 5.60 Å². The number of hydrogen-bond acceptors (Lipinski definition) is 2. The largest absolute Gasteiger partial charge is 0.379 e. The minimum Gasteiger partial charge on any atom is -0.379 e. The molecular weight excluding hydrogens is 302 g/mol. The Bertz CT molecular complexity index is 911. The molecule has 4 rings (SSSR count). The van der Waals surface area contributed by atoms with Crippen molar-refractivity contribution in [2.75, 3.05) is 0 Å². The van der Waals surface area contributed by atoms with Crippen LogP contribution in [-0.2, 0) is 12.0 Å². The molecule has 2 nitrogen and oxygen atoms in total. The van der Waals surface area contributed by atoms with E-state index in [2.05, 4.69) is 17.1 Å². The van der Waals surface area contributed by atoms with Crippen molar-refractivity contribution in [1.82, 2.24) is 4.98 Å². The fourth-order valence-corrected chi connectivity index (χ4v) is 3.96. The summed E-state index contributed by atoms with van der Waals surface area (Å²) in [7, 11) is 0. The number of H-pyrrole nitrogens is 1. The average molecular weight is 319 g/mol. The molecule has 2 aromatic heterocycles. The number of benzene rings is 2. The normalized spacial score (nSPS) is 14.0. The van der Waals surface area contributed by atoms with Crippen molar-refractivity contribution < 1.29 is 5.11 Å². The third-order valence-electron chi connectivity index (χ3n) is 4.30. The predicted molar refractivity (Wildman–Crippen MR) is 95.8 cm³/mol. The van der Waals surface area contributed by atoms with E-state index in [1.54, 1.807) is 11.3 Å². The Balaban J connectivity index is 1.84. The molecule has 1 atom stereocenters. The number of thiophene rings is 1. The molecule has 2 N–H and O–H groups in total. The number of hydrogen-bond donors (Lipinski definition) is 2. The molecule has 3 heteroatoms. The first-order valence-corrected chi connectivity index (χ1v) is 8.52. The van der Waals surface area contributed by atoms with Crippen LogP contribution in [0.3, 0.4) is 0 Å². The minimum absolute atomic E-state index is 0.543. The van der Waals surface area contributed by atoms with Crippen LogP contribution in [0.25, 0.3) is 10.9 Å². The fraction of sp³-hybridized carbons (Fsp3) is 0.100. The Labute approximate surface area is 139 Å². The molecule has 114 valence electrons. The van der Waals surface area contributed by atoms with Crippen LogP contribution in [0.2, 0.25) is 0 Å². The molecule has 2 heterocycles. The van der Waals surface area contributed by atoms with Gasteiger partial charge in [0.05, 0.1) is 0 Å². The molecule has 23 heavy (non-hydrogen) atoms. The van der Waals surface area contributed by atoms with E-state index in [9.17, 15) is 5.11 Å². The van der Waals surface area contributed by atoms with Crippen molar-refractivity contribution in [2.45, 2.75) is 12.0 Å². The van der Waals surface area contributed by atoms with E-state index < -0.39 is 5.60 Å². The molecule has 0 aliphatic heterocycles. The van der Waals surface area contributed by atoms with E-state index in [0.29, 0.717) is 6.42 Å². The summed E-state index contributed by atoms with van der Waals surface area (Å²) in [6.07, 6.45) is 2.55. The zero-order valence-corrected chi connectivity index (χ0v) is 13.4. The number of aromatic nitrogens is 1. The Morgan fingerprint density at radius 2 is 1.70 bits per heavy atom. The summed E-state index contributed by atoms with van der Waals surface area (Å²) in [6, 6.07) is 22.1. The summed E-state index contributed by atoms with van der Waals surface area (Å²) in [5.74, 6) is 0. The lowest BCUT2D eigenvalue weighted by atomic mass is 9.86. The summed E-state index contributed by atoms with van der Waals surface area (Å²) in [5.41, 5.74) is 2.14. The second-order valence-electron chi connectivity index (χ2n) is 5.74. The molecule has 0 spiro atoms. The van der Waals surface area contributed by atoms with Crippen molar-refractivity contribution in [1.29, 1.82) is 0 Å². The molecule has 4 aromatic rings. The maximum atomic E-state index is 11.6. The van der Waals surface area contributed by atoms with Crippen molar-refractivity contribution in [3.05, 3.63) is 94.3 Å². The standard InChI is InChI=1S/C20H17NOS/c22-20(19-11-6-12-23-19,16-7-2-1-3-8-16)13-15-14-21-18-10-5-4-9-17(15)18/h1-12,14,21-22H,13H2. The van der Waals surface area contributed by atoms with Crippen molar-refractivity contribution in [3.63, 3.8) is 0 Å². The maximum absolute atomic E-state index is 11.6. The topological polar surface area (TPSA) is 36.0 Å². The third-order valence-corrected chi connectivity index (χ3v) is 5.32. The lowest BCUT2D eigenvalue weighted by Gasteiger charge is -2.27. The molecule has 0 aliphatic rings. The Kier molecular flexibility index (Phi) is 3.52. The lowest BCUT2D eigenvalue weighted by molar-refractivity contribution is 0.0854. The number of aromatic amines is 1. The van der Waals surface area contributed by atoms with Crippen molar-refractivity contribution in [2.24, 2.45) is 0 Å². The fourth-order valence-electron chi connectivity index (χ4n) is 3.11. The Hall–Kier alpha value is -2.36. The summed E-state index contributed by atoms with van der Waals surface area (Å²) < 4.78 is 0. The van der Waals surface area contributed by atoms with Crippen LogP contribution in [0.4, 0.5) is 0 Å². The molecule has 0 amide bonds. The highest BCUT2D eigenvalue weighted by Gasteiger charge is 2.33. The minimum atomic E-state index is -1.01. The molecule has 2 aromatic carbocycles. The highest BCUT2D eigenvalue weighted by atomic mass is 32.1. The maximum Gasteiger partial charge on any atom is 0.128 e. The van der Waals surface area contributed by atoms with Gasteiger partial charge in [0.15, 0.2) is 0 Å². The highest BCUT2D eigenvalue weighted by Crippen LogP contribution is 2.37. The number of fused-ring (bicyclic) bond motifs is 1. The zero-order chi connectivity index (χ0) is 15.7. The van der Waals surface area contributed by atoms with Crippen LogP contribution in [0.5, 0.6) is 0 Å². The first-order chi connectivity index (χ1) is 11.3. The summed E-state index contributed by atoms with van der Waals surface area (Å²) >= 11 is 1.59. The van der Waals surface area contributed by atoms with Gasteiger partial charge in [0, 0.05) is 28.4 Å². The smallest absolute Gasteiger partial charge is 0.128 e. The SMILES string of the molecule is OC(Cc1c[nH]c2ccccc12)(c1ccccc1)c1cccs1. The van der Waals surface area contributed by atoms with E-state index in [-0.39, 0.29) is 0 Å².